The Morgan fingerprint density at radius 1 is 1.14 bits per heavy atom. The van der Waals surface area contributed by atoms with E-state index in [2.05, 4.69) is 28.6 Å². The molecule has 1 aliphatic carbocycles. The third-order valence-corrected chi connectivity index (χ3v) is 9.97. The van der Waals surface area contributed by atoms with Gasteiger partial charge in [0, 0.05) is 67.9 Å². The molecule has 2 fully saturated rings. The first kappa shape index (κ1) is 25.5. The minimum Gasteiger partial charge on any atom is -0.379 e. The van der Waals surface area contributed by atoms with Gasteiger partial charge in [-0.15, -0.1) is 11.3 Å². The minimum atomic E-state index is -0.0856. The standard InChI is InChI=1S/C28H40N4O3S/c1-6-32(21-9-7-20(8-10-21)31-14-22(15-31)35-5)28-19(4)25-24(36-28)11-12-30(27(25)34)16-23-17(2)13-18(3)29-26(23)33/h13,20-22H,6-12,14-16H2,1-5H3,(H,29,33). The van der Waals surface area contributed by atoms with Crippen molar-refractivity contribution in [2.24, 2.45) is 0 Å². The van der Waals surface area contributed by atoms with Crippen LogP contribution in [0.4, 0.5) is 5.00 Å². The highest BCUT2D eigenvalue weighted by molar-refractivity contribution is 7.16. The molecule has 1 saturated heterocycles. The molecule has 2 aromatic rings. The van der Waals surface area contributed by atoms with E-state index in [1.54, 1.807) is 0 Å². The van der Waals surface area contributed by atoms with E-state index in [9.17, 15) is 9.59 Å². The van der Waals surface area contributed by atoms with Gasteiger partial charge in [0.05, 0.1) is 23.2 Å². The smallest absolute Gasteiger partial charge is 0.255 e. The molecule has 1 saturated carbocycles. The topological polar surface area (TPSA) is 68.9 Å². The second kappa shape index (κ2) is 10.3. The summed E-state index contributed by atoms with van der Waals surface area (Å²) in [6.07, 6.45) is 6.14. The number of aromatic nitrogens is 1. The zero-order valence-electron chi connectivity index (χ0n) is 22.4. The molecule has 1 N–H and O–H groups in total. The Labute approximate surface area is 218 Å². The second-order valence-electron chi connectivity index (χ2n) is 10.8. The van der Waals surface area contributed by atoms with E-state index in [0.717, 1.165) is 48.4 Å². The molecule has 0 aromatic carbocycles. The van der Waals surface area contributed by atoms with Crippen molar-refractivity contribution in [1.29, 1.82) is 0 Å². The molecule has 3 aliphatic rings. The van der Waals surface area contributed by atoms with Crippen LogP contribution in [0, 0.1) is 20.8 Å². The number of nitrogens with zero attached hydrogens (tertiary/aromatic N) is 3. The highest BCUT2D eigenvalue weighted by Gasteiger charge is 2.37. The Kier molecular flexibility index (Phi) is 7.30. The van der Waals surface area contributed by atoms with Crippen LogP contribution in [0.5, 0.6) is 0 Å². The SMILES string of the molecule is CCN(c1sc2c(c1C)C(=O)N(Cc1c(C)cc(C)[nH]c1=O)CC2)C1CCC(N2CC(OC)C2)CC1. The van der Waals surface area contributed by atoms with Gasteiger partial charge in [-0.1, -0.05) is 0 Å². The summed E-state index contributed by atoms with van der Waals surface area (Å²) in [7, 11) is 1.81. The number of pyridine rings is 1. The van der Waals surface area contributed by atoms with E-state index >= 15 is 0 Å². The first-order chi connectivity index (χ1) is 17.3. The van der Waals surface area contributed by atoms with Gasteiger partial charge >= 0.3 is 0 Å². The predicted octanol–water partition coefficient (Wildman–Crippen LogP) is 4.03. The van der Waals surface area contributed by atoms with Crippen molar-refractivity contribution in [3.05, 3.63) is 49.2 Å². The molecule has 0 atom stereocenters. The maximum atomic E-state index is 13.6. The van der Waals surface area contributed by atoms with Crippen LogP contribution in [0.2, 0.25) is 0 Å². The Morgan fingerprint density at radius 2 is 1.86 bits per heavy atom. The summed E-state index contributed by atoms with van der Waals surface area (Å²) in [4.78, 5) is 37.3. The van der Waals surface area contributed by atoms with Crippen molar-refractivity contribution >= 4 is 22.2 Å². The van der Waals surface area contributed by atoms with Gasteiger partial charge in [-0.2, -0.15) is 0 Å². The van der Waals surface area contributed by atoms with Gasteiger partial charge in [0.15, 0.2) is 0 Å². The number of nitrogens with one attached hydrogen (secondary N) is 1. The van der Waals surface area contributed by atoms with E-state index < -0.39 is 0 Å². The lowest BCUT2D eigenvalue weighted by Crippen LogP contribution is -2.57. The molecular weight excluding hydrogens is 472 g/mol. The van der Waals surface area contributed by atoms with Gasteiger partial charge in [0.1, 0.15) is 0 Å². The molecule has 0 bridgehead atoms. The van der Waals surface area contributed by atoms with Gasteiger partial charge in [-0.3, -0.25) is 14.5 Å². The summed E-state index contributed by atoms with van der Waals surface area (Å²) < 4.78 is 5.46. The van der Waals surface area contributed by atoms with Crippen LogP contribution in [-0.2, 0) is 17.7 Å². The number of ether oxygens (including phenoxy) is 1. The molecule has 0 radical (unpaired) electrons. The van der Waals surface area contributed by atoms with Crippen molar-refractivity contribution < 1.29 is 9.53 Å². The molecule has 0 unspecified atom stereocenters. The molecule has 2 aromatic heterocycles. The van der Waals surface area contributed by atoms with Crippen LogP contribution in [-0.4, -0.2) is 72.2 Å². The average molecular weight is 513 g/mol. The Morgan fingerprint density at radius 3 is 2.50 bits per heavy atom. The molecular formula is C28H40N4O3S. The molecule has 0 spiro atoms. The average Bonchev–Trinajstić information content (AvgIpc) is 3.15. The number of aromatic amines is 1. The largest absolute Gasteiger partial charge is 0.379 e. The molecule has 7 nitrogen and oxygen atoms in total. The van der Waals surface area contributed by atoms with Crippen molar-refractivity contribution in [1.82, 2.24) is 14.8 Å². The van der Waals surface area contributed by atoms with Gasteiger partial charge in [-0.25, -0.2) is 0 Å². The first-order valence-corrected chi connectivity index (χ1v) is 14.3. The highest BCUT2D eigenvalue weighted by atomic mass is 32.1. The minimum absolute atomic E-state index is 0.0702. The Bertz CT molecular complexity index is 1170. The maximum Gasteiger partial charge on any atom is 0.255 e. The zero-order valence-corrected chi connectivity index (χ0v) is 23.2. The van der Waals surface area contributed by atoms with Gasteiger partial charge in [0.2, 0.25) is 0 Å². The Hall–Kier alpha value is -2.16. The van der Waals surface area contributed by atoms with Gasteiger partial charge in [-0.05, 0) is 70.6 Å². The van der Waals surface area contributed by atoms with Crippen LogP contribution < -0.4 is 10.5 Å². The van der Waals surface area contributed by atoms with Crippen LogP contribution in [0.15, 0.2) is 10.9 Å². The number of methoxy groups -OCH3 is 1. The van der Waals surface area contributed by atoms with Crippen molar-refractivity contribution in [2.45, 2.75) is 84.5 Å². The molecule has 2 aliphatic heterocycles. The van der Waals surface area contributed by atoms with Crippen LogP contribution in [0.1, 0.15) is 70.2 Å². The summed E-state index contributed by atoms with van der Waals surface area (Å²) in [5, 5.41) is 1.27. The van der Waals surface area contributed by atoms with Gasteiger partial charge in [0.25, 0.3) is 11.5 Å². The first-order valence-electron chi connectivity index (χ1n) is 13.4. The molecule has 4 heterocycles. The maximum absolute atomic E-state index is 13.6. The molecule has 196 valence electrons. The number of rotatable bonds is 7. The summed E-state index contributed by atoms with van der Waals surface area (Å²) in [5.74, 6) is 0.0702. The zero-order chi connectivity index (χ0) is 25.6. The number of carbonyl (C=O) groups is 1. The van der Waals surface area contributed by atoms with Crippen molar-refractivity contribution in [2.75, 3.05) is 38.2 Å². The van der Waals surface area contributed by atoms with E-state index in [1.165, 1.54) is 35.6 Å². The highest BCUT2D eigenvalue weighted by Crippen LogP contribution is 2.42. The summed E-state index contributed by atoms with van der Waals surface area (Å²) in [6, 6.07) is 3.20. The number of amides is 1. The number of thiophene rings is 1. The van der Waals surface area contributed by atoms with Crippen molar-refractivity contribution in [3.8, 4) is 0 Å². The van der Waals surface area contributed by atoms with E-state index in [4.69, 9.17) is 4.74 Å². The van der Waals surface area contributed by atoms with Crippen molar-refractivity contribution in [3.63, 3.8) is 0 Å². The molecule has 8 heteroatoms. The fourth-order valence-electron chi connectivity index (χ4n) is 6.43. The number of aryl methyl sites for hydroxylation is 2. The quantitative estimate of drug-likeness (QED) is 0.607. The normalized spacial score (nSPS) is 23.0. The number of hydrogen-bond acceptors (Lipinski definition) is 6. The number of anilines is 1. The van der Waals surface area contributed by atoms with Crippen LogP contribution >= 0.6 is 11.3 Å². The third-order valence-electron chi connectivity index (χ3n) is 8.58. The second-order valence-corrected chi connectivity index (χ2v) is 11.9. The van der Waals surface area contributed by atoms with E-state index in [0.29, 0.717) is 36.8 Å². The number of carbonyl (C=O) groups excluding carboxylic acids is 1. The summed E-state index contributed by atoms with van der Waals surface area (Å²) in [6.45, 7) is 12.3. The van der Waals surface area contributed by atoms with E-state index in [-0.39, 0.29) is 11.5 Å². The lowest BCUT2D eigenvalue weighted by Gasteiger charge is -2.47. The summed E-state index contributed by atoms with van der Waals surface area (Å²) in [5.41, 5.74) is 4.40. The third kappa shape index (κ3) is 4.63. The van der Waals surface area contributed by atoms with E-state index in [1.807, 2.05) is 43.3 Å². The number of likely N-dealkylation sites (tertiary alicyclic amines) is 1. The molecule has 5 rings (SSSR count). The number of fused-ring (bicyclic) bond motifs is 1. The van der Waals surface area contributed by atoms with Crippen LogP contribution in [0.25, 0.3) is 0 Å². The number of hydrogen-bond donors (Lipinski definition) is 1. The van der Waals surface area contributed by atoms with Crippen LogP contribution in [0.3, 0.4) is 0 Å². The molecule has 1 amide bonds. The van der Waals surface area contributed by atoms with Gasteiger partial charge < -0.3 is 19.5 Å². The lowest BCUT2D eigenvalue weighted by atomic mass is 9.87. The Balaban J connectivity index is 1.30. The molecule has 36 heavy (non-hydrogen) atoms. The predicted molar refractivity (Wildman–Crippen MR) is 145 cm³/mol. The monoisotopic (exact) mass is 512 g/mol. The fraction of sp³-hybridized carbons (Fsp3) is 0.643. The number of H-pyrrole nitrogens is 1. The lowest BCUT2D eigenvalue weighted by molar-refractivity contribution is -0.0578. The summed E-state index contributed by atoms with van der Waals surface area (Å²) >= 11 is 1.82. The fourth-order valence-corrected chi connectivity index (χ4v) is 7.85.